The van der Waals surface area contributed by atoms with Crippen LogP contribution in [0.15, 0.2) is 0 Å². The van der Waals surface area contributed by atoms with Crippen molar-refractivity contribution in [1.82, 2.24) is 0 Å². The minimum Gasteiger partial charge on any atom is -0.205 e. The molecule has 7 rings (SSSR count). The number of benzene rings is 3. The summed E-state index contributed by atoms with van der Waals surface area (Å²) in [6.45, 7) is 0. The molecule has 0 aliphatic carbocycles. The fourth-order valence-electron chi connectivity index (χ4n) is 4.32. The zero-order chi connectivity index (χ0) is 25.5. The lowest BCUT2D eigenvalue weighted by Crippen LogP contribution is -1.95. The van der Waals surface area contributed by atoms with E-state index >= 15 is 8.78 Å². The van der Waals surface area contributed by atoms with Crippen LogP contribution in [0.1, 0.15) is 0 Å². The molecule has 0 fully saturated rings. The lowest BCUT2D eigenvalue weighted by atomic mass is 10.1. The zero-order valence-corrected chi connectivity index (χ0v) is 19.7. The van der Waals surface area contributed by atoms with Gasteiger partial charge in [-0.2, -0.15) is 0 Å². The number of fused-ring (bicyclic) bond motifs is 10. The van der Waals surface area contributed by atoms with Gasteiger partial charge in [0.15, 0.2) is 58.2 Å². The molecule has 4 aromatic heterocycles. The first-order valence-electron chi connectivity index (χ1n) is 9.52. The van der Waals surface area contributed by atoms with Crippen molar-refractivity contribution in [3.8, 4) is 0 Å². The van der Waals surface area contributed by atoms with E-state index < -0.39 is 89.1 Å². The molecule has 0 unspecified atom stereocenters. The standard InChI is InChI=1S/C22F10S4/c23-5-1-17(13(31)11(29)9(5)27)35-21-3-7(25)16-4(8(26)15(3)33-19(1)21)22-20(34-16)2-6(24)10(28)12(30)14(32)18(2)36-22. The number of thiophene rings is 4. The minimum absolute atomic E-state index is 0.168. The van der Waals surface area contributed by atoms with Crippen molar-refractivity contribution in [1.29, 1.82) is 0 Å². The third-order valence-electron chi connectivity index (χ3n) is 5.88. The van der Waals surface area contributed by atoms with E-state index in [1.807, 2.05) is 0 Å². The van der Waals surface area contributed by atoms with Gasteiger partial charge in [-0.15, -0.1) is 45.3 Å². The van der Waals surface area contributed by atoms with Crippen molar-refractivity contribution < 1.29 is 43.9 Å². The summed E-state index contributed by atoms with van der Waals surface area (Å²) >= 11 is 1.73. The number of rotatable bonds is 0. The van der Waals surface area contributed by atoms with Gasteiger partial charge in [-0.1, -0.05) is 0 Å². The Morgan fingerprint density at radius 3 is 0.750 bits per heavy atom. The van der Waals surface area contributed by atoms with E-state index in [1.54, 1.807) is 0 Å². The third-order valence-corrected chi connectivity index (χ3v) is 10.9. The van der Waals surface area contributed by atoms with Gasteiger partial charge in [0.2, 0.25) is 0 Å². The maximum Gasteiger partial charge on any atom is 0.198 e. The van der Waals surface area contributed by atoms with Gasteiger partial charge >= 0.3 is 0 Å². The van der Waals surface area contributed by atoms with Gasteiger partial charge in [0.25, 0.3) is 0 Å². The van der Waals surface area contributed by atoms with Crippen LogP contribution in [-0.4, -0.2) is 0 Å². The van der Waals surface area contributed by atoms with Gasteiger partial charge in [0.1, 0.15) is 0 Å². The Balaban J connectivity index is 1.70. The largest absolute Gasteiger partial charge is 0.205 e. The average molecular weight is 582 g/mol. The lowest BCUT2D eigenvalue weighted by Gasteiger charge is -2.01. The maximum atomic E-state index is 15.8. The molecule has 3 aromatic carbocycles. The molecule has 14 heteroatoms. The second kappa shape index (κ2) is 7.00. The van der Waals surface area contributed by atoms with Crippen LogP contribution < -0.4 is 0 Å². The Bertz CT molecular complexity index is 2010. The van der Waals surface area contributed by atoms with Gasteiger partial charge in [-0.05, 0) is 0 Å². The molecule has 0 aliphatic heterocycles. The molecule has 0 amide bonds. The van der Waals surface area contributed by atoms with Crippen LogP contribution in [0.4, 0.5) is 43.9 Å². The highest BCUT2D eigenvalue weighted by atomic mass is 32.1. The number of hydrogen-bond acceptors (Lipinski definition) is 4. The van der Waals surface area contributed by atoms with E-state index in [9.17, 15) is 35.1 Å². The molecule has 4 heterocycles. The molecular formula is C22F10S4. The van der Waals surface area contributed by atoms with Gasteiger partial charge in [-0.25, -0.2) is 43.9 Å². The Morgan fingerprint density at radius 2 is 0.444 bits per heavy atom. The molecule has 36 heavy (non-hydrogen) atoms. The Labute approximate surface area is 206 Å². The van der Waals surface area contributed by atoms with Crippen molar-refractivity contribution in [2.24, 2.45) is 0 Å². The predicted octanol–water partition coefficient (Wildman–Crippen LogP) is 10.2. The van der Waals surface area contributed by atoms with E-state index in [2.05, 4.69) is 0 Å². The molecule has 0 saturated heterocycles. The molecule has 0 nitrogen and oxygen atoms in total. The van der Waals surface area contributed by atoms with E-state index in [4.69, 9.17) is 0 Å². The predicted molar refractivity (Wildman–Crippen MR) is 123 cm³/mol. The van der Waals surface area contributed by atoms with E-state index in [1.165, 1.54) is 0 Å². The summed E-state index contributed by atoms with van der Waals surface area (Å²) in [5.74, 6) is -17.2. The topological polar surface area (TPSA) is 0 Å². The van der Waals surface area contributed by atoms with Crippen LogP contribution in [-0.2, 0) is 0 Å². The molecule has 0 bridgehead atoms. The monoisotopic (exact) mass is 582 g/mol. The highest BCUT2D eigenvalue weighted by molar-refractivity contribution is 7.38. The van der Waals surface area contributed by atoms with E-state index in [0.29, 0.717) is 45.3 Å². The number of halogens is 10. The smallest absolute Gasteiger partial charge is 0.198 e. The maximum absolute atomic E-state index is 15.8. The third kappa shape index (κ3) is 2.41. The van der Waals surface area contributed by atoms with Crippen molar-refractivity contribution in [2.45, 2.75) is 0 Å². The highest BCUT2D eigenvalue weighted by Gasteiger charge is 2.32. The summed E-state index contributed by atoms with van der Waals surface area (Å²) in [5, 5.41) is -2.17. The highest BCUT2D eigenvalue weighted by Crippen LogP contribution is 2.54. The molecule has 182 valence electrons. The zero-order valence-electron chi connectivity index (χ0n) is 16.4. The van der Waals surface area contributed by atoms with Crippen LogP contribution in [0.5, 0.6) is 0 Å². The fourth-order valence-corrected chi connectivity index (χ4v) is 9.76. The first-order chi connectivity index (χ1) is 17.0. The first-order valence-corrected chi connectivity index (χ1v) is 12.8. The van der Waals surface area contributed by atoms with Crippen LogP contribution in [0.2, 0.25) is 0 Å². The summed E-state index contributed by atoms with van der Waals surface area (Å²) in [6.07, 6.45) is 0. The second-order valence-corrected chi connectivity index (χ2v) is 11.8. The van der Waals surface area contributed by atoms with E-state index in [0.717, 1.165) is 0 Å². The quantitative estimate of drug-likeness (QED) is 0.0949. The summed E-state index contributed by atoms with van der Waals surface area (Å²) in [7, 11) is 0. The molecule has 7 aromatic rings. The van der Waals surface area contributed by atoms with Crippen LogP contribution in [0.25, 0.3) is 59.1 Å². The SMILES string of the molecule is Fc1c(F)c(F)c2c(sc3c2sc2c(F)c4c(sc5c4sc4c(F)c(F)c(F)c(F)c45)c(F)c23)c1F. The Hall–Kier alpha value is -2.68. The van der Waals surface area contributed by atoms with Gasteiger partial charge in [0.05, 0.1) is 59.1 Å². The number of hydrogen-bond donors (Lipinski definition) is 0. The summed E-state index contributed by atoms with van der Waals surface area (Å²) in [4.78, 5) is 0. The van der Waals surface area contributed by atoms with Crippen molar-refractivity contribution in [3.05, 3.63) is 58.2 Å². The van der Waals surface area contributed by atoms with Crippen molar-refractivity contribution in [3.63, 3.8) is 0 Å². The van der Waals surface area contributed by atoms with Gasteiger partial charge in [-0.3, -0.25) is 0 Å². The summed E-state index contributed by atoms with van der Waals surface area (Å²) in [5.41, 5.74) is 0. The second-order valence-electron chi connectivity index (χ2n) is 7.68. The molecule has 0 aliphatic rings. The fraction of sp³-hybridized carbons (Fsp3) is 0. The summed E-state index contributed by atoms with van der Waals surface area (Å²) < 4.78 is 142. The van der Waals surface area contributed by atoms with Crippen LogP contribution >= 0.6 is 45.3 Å². The summed E-state index contributed by atoms with van der Waals surface area (Å²) in [6, 6.07) is 0. The molecule has 0 saturated carbocycles. The van der Waals surface area contributed by atoms with Crippen LogP contribution in [0.3, 0.4) is 0 Å². The van der Waals surface area contributed by atoms with Crippen molar-refractivity contribution >= 4 is 104 Å². The molecule has 0 spiro atoms. The molecule has 0 atom stereocenters. The van der Waals surface area contributed by atoms with E-state index in [-0.39, 0.29) is 28.2 Å². The van der Waals surface area contributed by atoms with Gasteiger partial charge < -0.3 is 0 Å². The first kappa shape index (κ1) is 22.5. The normalized spacial score (nSPS) is 12.7. The van der Waals surface area contributed by atoms with Crippen molar-refractivity contribution in [2.75, 3.05) is 0 Å². The van der Waals surface area contributed by atoms with Crippen LogP contribution in [0, 0.1) is 58.2 Å². The molecule has 0 N–H and O–H groups in total. The average Bonchev–Trinajstić information content (AvgIpc) is 3.59. The molecular weight excluding hydrogens is 582 g/mol. The Kier molecular flexibility index (Phi) is 4.37. The lowest BCUT2D eigenvalue weighted by molar-refractivity contribution is 0.419. The minimum atomic E-state index is -2.07. The molecule has 0 radical (unpaired) electrons. The van der Waals surface area contributed by atoms with Gasteiger partial charge in [0, 0.05) is 0 Å². The Morgan fingerprint density at radius 1 is 0.222 bits per heavy atom.